The summed E-state index contributed by atoms with van der Waals surface area (Å²) in [6.07, 6.45) is 0. The van der Waals surface area contributed by atoms with Crippen LogP contribution in [0.2, 0.25) is 0 Å². The number of nitrogens with two attached hydrogens (primary N) is 1. The van der Waals surface area contributed by atoms with Crippen LogP contribution >= 0.6 is 11.8 Å². The Balaban J connectivity index is 1.99. The van der Waals surface area contributed by atoms with E-state index in [1.54, 1.807) is 11.8 Å². The van der Waals surface area contributed by atoms with Gasteiger partial charge < -0.3 is 10.3 Å². The molecule has 0 radical (unpaired) electrons. The van der Waals surface area contributed by atoms with Crippen LogP contribution in [0.1, 0.15) is 37.0 Å². The fraction of sp³-hybridized carbons (Fsp3) is 0.429. The molecule has 0 fully saturated rings. The van der Waals surface area contributed by atoms with Gasteiger partial charge in [-0.2, -0.15) is 4.98 Å². The highest BCUT2D eigenvalue weighted by Crippen LogP contribution is 2.25. The van der Waals surface area contributed by atoms with Crippen LogP contribution in [0.5, 0.6) is 0 Å². The predicted octanol–water partition coefficient (Wildman–Crippen LogP) is 3.12. The smallest absolute Gasteiger partial charge is 0.231 e. The van der Waals surface area contributed by atoms with Crippen molar-refractivity contribution in [2.24, 2.45) is 5.73 Å². The van der Waals surface area contributed by atoms with Crippen molar-refractivity contribution < 1.29 is 4.52 Å². The molecule has 0 aliphatic carbocycles. The summed E-state index contributed by atoms with van der Waals surface area (Å²) in [4.78, 5) is 5.64. The largest absolute Gasteiger partial charge is 0.339 e. The number of nitrogens with zero attached hydrogens (tertiary/aromatic N) is 2. The third-order valence-electron chi connectivity index (χ3n) is 3.11. The first-order valence-electron chi connectivity index (χ1n) is 6.34. The van der Waals surface area contributed by atoms with Crippen molar-refractivity contribution in [1.29, 1.82) is 0 Å². The van der Waals surface area contributed by atoms with Gasteiger partial charge in [0.05, 0.1) is 11.7 Å². The average molecular weight is 277 g/mol. The summed E-state index contributed by atoms with van der Waals surface area (Å²) in [7, 11) is 0. The summed E-state index contributed by atoms with van der Waals surface area (Å²) in [6.45, 7) is 6.04. The lowest BCUT2D eigenvalue weighted by Gasteiger charge is -2.09. The Hall–Kier alpha value is -1.33. The van der Waals surface area contributed by atoms with Crippen molar-refractivity contribution in [1.82, 2.24) is 10.1 Å². The molecule has 0 spiro atoms. The second kappa shape index (κ2) is 6.21. The third kappa shape index (κ3) is 3.58. The van der Waals surface area contributed by atoms with Crippen LogP contribution in [-0.2, 0) is 5.75 Å². The molecule has 4 nitrogen and oxygen atoms in total. The van der Waals surface area contributed by atoms with Crippen molar-refractivity contribution in [3.05, 3.63) is 41.5 Å². The Bertz CT molecular complexity index is 539. The summed E-state index contributed by atoms with van der Waals surface area (Å²) in [5.41, 5.74) is 7.09. The highest BCUT2D eigenvalue weighted by Gasteiger charge is 2.17. The summed E-state index contributed by atoms with van der Waals surface area (Å²) in [5, 5.41) is 4.00. The fourth-order valence-corrected chi connectivity index (χ4v) is 2.47. The molecular weight excluding hydrogens is 258 g/mol. The SMILES string of the molecule is Cc1ccccc1SCc1noc(C(C)C(C)N)n1. The lowest BCUT2D eigenvalue weighted by molar-refractivity contribution is 0.344. The van der Waals surface area contributed by atoms with Crippen molar-refractivity contribution in [3.8, 4) is 0 Å². The molecular formula is C14H19N3OS. The Morgan fingerprint density at radius 3 is 2.74 bits per heavy atom. The van der Waals surface area contributed by atoms with E-state index in [2.05, 4.69) is 29.2 Å². The maximum Gasteiger partial charge on any atom is 0.231 e. The monoisotopic (exact) mass is 277 g/mol. The van der Waals surface area contributed by atoms with E-state index in [4.69, 9.17) is 10.3 Å². The van der Waals surface area contributed by atoms with E-state index in [1.165, 1.54) is 10.5 Å². The van der Waals surface area contributed by atoms with E-state index in [0.717, 1.165) is 5.82 Å². The molecule has 1 aromatic heterocycles. The topological polar surface area (TPSA) is 64.9 Å². The Morgan fingerprint density at radius 2 is 2.05 bits per heavy atom. The number of aryl methyl sites for hydroxylation is 1. The van der Waals surface area contributed by atoms with Crippen LogP contribution in [0.15, 0.2) is 33.7 Å². The summed E-state index contributed by atoms with van der Waals surface area (Å²) < 4.78 is 5.25. The van der Waals surface area contributed by atoms with Crippen molar-refractivity contribution in [3.63, 3.8) is 0 Å². The molecule has 102 valence electrons. The van der Waals surface area contributed by atoms with Gasteiger partial charge >= 0.3 is 0 Å². The molecule has 2 atom stereocenters. The summed E-state index contributed by atoms with van der Waals surface area (Å²) in [6, 6.07) is 8.29. The maximum atomic E-state index is 5.83. The van der Waals surface area contributed by atoms with Gasteiger partial charge in [-0.1, -0.05) is 30.3 Å². The molecule has 19 heavy (non-hydrogen) atoms. The van der Waals surface area contributed by atoms with Gasteiger partial charge in [-0.25, -0.2) is 0 Å². The second-order valence-electron chi connectivity index (χ2n) is 4.75. The molecule has 1 aromatic carbocycles. The van der Waals surface area contributed by atoms with Gasteiger partial charge in [0.15, 0.2) is 5.82 Å². The lowest BCUT2D eigenvalue weighted by atomic mass is 10.1. The number of hydrogen-bond acceptors (Lipinski definition) is 5. The minimum atomic E-state index is 0.0114. The zero-order valence-corrected chi connectivity index (χ0v) is 12.3. The first-order valence-corrected chi connectivity index (χ1v) is 7.33. The lowest BCUT2D eigenvalue weighted by Crippen LogP contribution is -2.22. The molecule has 2 N–H and O–H groups in total. The number of benzene rings is 1. The Labute approximate surface area is 117 Å². The normalized spacial score (nSPS) is 14.3. The Morgan fingerprint density at radius 1 is 1.32 bits per heavy atom. The highest BCUT2D eigenvalue weighted by molar-refractivity contribution is 7.98. The van der Waals surface area contributed by atoms with E-state index >= 15 is 0 Å². The first kappa shape index (κ1) is 14.1. The average Bonchev–Trinajstić information content (AvgIpc) is 2.85. The molecule has 0 amide bonds. The molecule has 0 aliphatic rings. The van der Waals surface area contributed by atoms with Crippen LogP contribution in [0, 0.1) is 6.92 Å². The standard InChI is InChI=1S/C14H19N3OS/c1-9-6-4-5-7-12(9)19-8-13-16-14(18-17-13)10(2)11(3)15/h4-7,10-11H,8,15H2,1-3H3. The van der Waals surface area contributed by atoms with E-state index in [-0.39, 0.29) is 12.0 Å². The molecule has 2 aromatic rings. The molecule has 0 aliphatic heterocycles. The second-order valence-corrected chi connectivity index (χ2v) is 5.77. The number of aromatic nitrogens is 2. The van der Waals surface area contributed by atoms with Crippen LogP contribution in [0.3, 0.4) is 0 Å². The van der Waals surface area contributed by atoms with Crippen molar-refractivity contribution in [2.75, 3.05) is 0 Å². The Kier molecular flexibility index (Phi) is 4.61. The predicted molar refractivity (Wildman–Crippen MR) is 77.1 cm³/mol. The van der Waals surface area contributed by atoms with Crippen LogP contribution < -0.4 is 5.73 Å². The zero-order chi connectivity index (χ0) is 13.8. The van der Waals surface area contributed by atoms with E-state index in [1.807, 2.05) is 26.0 Å². The van der Waals surface area contributed by atoms with Crippen LogP contribution in [0.25, 0.3) is 0 Å². The molecule has 0 saturated heterocycles. The van der Waals surface area contributed by atoms with Gasteiger partial charge in [-0.15, -0.1) is 11.8 Å². The van der Waals surface area contributed by atoms with E-state index < -0.39 is 0 Å². The highest BCUT2D eigenvalue weighted by atomic mass is 32.2. The van der Waals surface area contributed by atoms with Gasteiger partial charge in [0.2, 0.25) is 5.89 Å². The number of rotatable bonds is 5. The van der Waals surface area contributed by atoms with E-state index in [0.29, 0.717) is 11.6 Å². The molecule has 2 unspecified atom stereocenters. The van der Waals surface area contributed by atoms with Gasteiger partial charge in [0.25, 0.3) is 0 Å². The minimum Gasteiger partial charge on any atom is -0.339 e. The van der Waals surface area contributed by atoms with E-state index in [9.17, 15) is 0 Å². The molecule has 0 saturated carbocycles. The number of hydrogen-bond donors (Lipinski definition) is 1. The van der Waals surface area contributed by atoms with Gasteiger partial charge in [-0.3, -0.25) is 0 Å². The molecule has 5 heteroatoms. The number of thioether (sulfide) groups is 1. The fourth-order valence-electron chi connectivity index (χ4n) is 1.60. The molecule has 1 heterocycles. The zero-order valence-electron chi connectivity index (χ0n) is 11.5. The van der Waals surface area contributed by atoms with Gasteiger partial charge in [0, 0.05) is 10.9 Å². The maximum absolute atomic E-state index is 5.83. The van der Waals surface area contributed by atoms with Gasteiger partial charge in [-0.05, 0) is 25.5 Å². The van der Waals surface area contributed by atoms with Crippen molar-refractivity contribution in [2.45, 2.75) is 43.4 Å². The molecule has 2 rings (SSSR count). The molecule has 0 bridgehead atoms. The van der Waals surface area contributed by atoms with Crippen LogP contribution in [-0.4, -0.2) is 16.2 Å². The van der Waals surface area contributed by atoms with Gasteiger partial charge in [0.1, 0.15) is 0 Å². The first-order chi connectivity index (χ1) is 9.08. The third-order valence-corrected chi connectivity index (χ3v) is 4.28. The quantitative estimate of drug-likeness (QED) is 0.851. The minimum absolute atomic E-state index is 0.0114. The summed E-state index contributed by atoms with van der Waals surface area (Å²) >= 11 is 1.72. The summed E-state index contributed by atoms with van der Waals surface area (Å²) in [5.74, 6) is 2.14. The van der Waals surface area contributed by atoms with Crippen molar-refractivity contribution >= 4 is 11.8 Å². The van der Waals surface area contributed by atoms with Crippen LogP contribution in [0.4, 0.5) is 0 Å².